The standard InChI is InChI=1S/C24H36N4O2/c1-18-10-9-11-19(2)27(18)16-8-6-15-25-23(29)21-13-5-7-17-28(21)24-26-20-12-3-4-14-22(20)30-24/h3-4,12,14,18-19,21H,5-11,13,15-17H2,1-2H3,(H,25,29)/t18-,19+,21-/m0/s1. The average Bonchev–Trinajstić information content (AvgIpc) is 3.19. The number of nitrogens with zero attached hydrogens (tertiary/aromatic N) is 3. The Morgan fingerprint density at radius 2 is 1.90 bits per heavy atom. The lowest BCUT2D eigenvalue weighted by Gasteiger charge is -2.39. The maximum absolute atomic E-state index is 12.9. The van der Waals surface area contributed by atoms with E-state index >= 15 is 0 Å². The van der Waals surface area contributed by atoms with Crippen LogP contribution in [0.25, 0.3) is 11.1 Å². The Morgan fingerprint density at radius 3 is 2.70 bits per heavy atom. The molecular formula is C24H36N4O2. The second-order valence-electron chi connectivity index (χ2n) is 9.03. The predicted octanol–water partition coefficient (Wildman–Crippen LogP) is 4.35. The van der Waals surface area contributed by atoms with Crippen LogP contribution >= 0.6 is 0 Å². The van der Waals surface area contributed by atoms with Gasteiger partial charge in [-0.25, -0.2) is 0 Å². The lowest BCUT2D eigenvalue weighted by atomic mass is 9.97. The Balaban J connectivity index is 1.27. The van der Waals surface area contributed by atoms with Crippen LogP contribution in [0, 0.1) is 0 Å². The molecule has 1 aromatic carbocycles. The number of hydrogen-bond acceptors (Lipinski definition) is 5. The minimum absolute atomic E-state index is 0.108. The summed E-state index contributed by atoms with van der Waals surface area (Å²) in [7, 11) is 0. The van der Waals surface area contributed by atoms with E-state index in [1.54, 1.807) is 0 Å². The Labute approximate surface area is 180 Å². The summed E-state index contributed by atoms with van der Waals surface area (Å²) in [4.78, 5) is 22.2. The van der Waals surface area contributed by atoms with Crippen LogP contribution in [0.2, 0.25) is 0 Å². The number of nitrogens with one attached hydrogen (secondary N) is 1. The van der Waals surface area contributed by atoms with Crippen molar-refractivity contribution in [3.8, 4) is 0 Å². The van der Waals surface area contributed by atoms with Crippen molar-refractivity contribution in [2.24, 2.45) is 0 Å². The molecule has 0 spiro atoms. The zero-order chi connectivity index (χ0) is 20.9. The fraction of sp³-hybridized carbons (Fsp3) is 0.667. The number of benzene rings is 1. The Hall–Kier alpha value is -2.08. The molecule has 6 nitrogen and oxygen atoms in total. The van der Waals surface area contributed by atoms with Gasteiger partial charge in [0, 0.05) is 25.2 Å². The number of carbonyl (C=O) groups is 1. The van der Waals surface area contributed by atoms with Crippen LogP contribution in [0.4, 0.5) is 6.01 Å². The molecule has 2 aromatic rings. The molecule has 1 N–H and O–H groups in total. The number of rotatable bonds is 7. The highest BCUT2D eigenvalue weighted by Crippen LogP contribution is 2.28. The average molecular weight is 413 g/mol. The Kier molecular flexibility index (Phi) is 6.93. The van der Waals surface area contributed by atoms with Crippen LogP contribution in [-0.2, 0) is 4.79 Å². The number of amides is 1. The van der Waals surface area contributed by atoms with Gasteiger partial charge in [0.15, 0.2) is 5.58 Å². The zero-order valence-electron chi connectivity index (χ0n) is 18.5. The first-order valence-corrected chi connectivity index (χ1v) is 11.8. The number of anilines is 1. The molecule has 0 bridgehead atoms. The summed E-state index contributed by atoms with van der Waals surface area (Å²) in [6, 6.07) is 9.55. The lowest BCUT2D eigenvalue weighted by molar-refractivity contribution is -0.122. The maximum Gasteiger partial charge on any atom is 0.299 e. The molecular weight excluding hydrogens is 376 g/mol. The first-order valence-electron chi connectivity index (χ1n) is 11.8. The van der Waals surface area contributed by atoms with E-state index in [1.807, 2.05) is 24.3 Å². The van der Waals surface area contributed by atoms with Crippen molar-refractivity contribution < 1.29 is 9.21 Å². The highest BCUT2D eigenvalue weighted by molar-refractivity contribution is 5.85. The topological polar surface area (TPSA) is 61.6 Å². The van der Waals surface area contributed by atoms with E-state index in [0.717, 1.165) is 62.8 Å². The molecule has 1 amide bonds. The summed E-state index contributed by atoms with van der Waals surface area (Å²) in [6.45, 7) is 7.39. The summed E-state index contributed by atoms with van der Waals surface area (Å²) in [5.74, 6) is 0.108. The third-order valence-electron chi connectivity index (χ3n) is 6.85. The van der Waals surface area contributed by atoms with Gasteiger partial charge in [0.2, 0.25) is 5.91 Å². The molecule has 0 saturated carbocycles. The van der Waals surface area contributed by atoms with Crippen molar-refractivity contribution in [1.29, 1.82) is 0 Å². The van der Waals surface area contributed by atoms with Crippen molar-refractivity contribution in [2.75, 3.05) is 24.5 Å². The van der Waals surface area contributed by atoms with E-state index in [0.29, 0.717) is 18.1 Å². The first-order chi connectivity index (χ1) is 14.6. The summed E-state index contributed by atoms with van der Waals surface area (Å²) < 4.78 is 5.95. The van der Waals surface area contributed by atoms with Crippen LogP contribution in [0.5, 0.6) is 0 Å². The zero-order valence-corrected chi connectivity index (χ0v) is 18.5. The minimum atomic E-state index is -0.186. The van der Waals surface area contributed by atoms with Crippen LogP contribution < -0.4 is 10.2 Å². The van der Waals surface area contributed by atoms with Crippen LogP contribution in [0.15, 0.2) is 28.7 Å². The monoisotopic (exact) mass is 412 g/mol. The summed E-state index contributed by atoms with van der Waals surface area (Å²) in [5.41, 5.74) is 1.62. The van der Waals surface area contributed by atoms with E-state index in [1.165, 1.54) is 19.3 Å². The number of para-hydroxylation sites is 2. The second kappa shape index (κ2) is 9.82. The SMILES string of the molecule is C[C@@H]1CCC[C@H](C)N1CCCCNC(=O)[C@@H]1CCCCN1c1nc2ccccc2o1. The molecule has 3 atom stereocenters. The number of unbranched alkanes of at least 4 members (excludes halogenated alkanes) is 1. The van der Waals surface area contributed by atoms with Gasteiger partial charge < -0.3 is 14.6 Å². The first kappa shape index (κ1) is 21.2. The molecule has 2 saturated heterocycles. The maximum atomic E-state index is 12.9. The van der Waals surface area contributed by atoms with E-state index in [9.17, 15) is 4.79 Å². The quantitative estimate of drug-likeness (QED) is 0.685. The van der Waals surface area contributed by atoms with Crippen molar-refractivity contribution in [3.63, 3.8) is 0 Å². The van der Waals surface area contributed by atoms with Gasteiger partial charge in [-0.2, -0.15) is 4.98 Å². The van der Waals surface area contributed by atoms with Gasteiger partial charge in [0.1, 0.15) is 11.6 Å². The van der Waals surface area contributed by atoms with E-state index in [2.05, 4.69) is 33.9 Å². The normalized spacial score (nSPS) is 25.5. The van der Waals surface area contributed by atoms with E-state index in [-0.39, 0.29) is 11.9 Å². The summed E-state index contributed by atoms with van der Waals surface area (Å²) in [6.07, 6.45) is 9.13. The Bertz CT molecular complexity index is 792. The third-order valence-corrected chi connectivity index (χ3v) is 6.85. The second-order valence-corrected chi connectivity index (χ2v) is 9.03. The van der Waals surface area contributed by atoms with E-state index < -0.39 is 0 Å². The number of oxazole rings is 1. The third kappa shape index (κ3) is 4.80. The van der Waals surface area contributed by atoms with Crippen LogP contribution in [-0.4, -0.2) is 53.6 Å². The number of carbonyl (C=O) groups excluding carboxylic acids is 1. The van der Waals surface area contributed by atoms with E-state index in [4.69, 9.17) is 4.42 Å². The molecule has 2 fully saturated rings. The van der Waals surface area contributed by atoms with Crippen molar-refractivity contribution >= 4 is 23.0 Å². The van der Waals surface area contributed by atoms with Gasteiger partial charge in [0.25, 0.3) is 6.01 Å². The molecule has 0 aliphatic carbocycles. The van der Waals surface area contributed by atoms with Gasteiger partial charge in [-0.3, -0.25) is 9.69 Å². The molecule has 164 valence electrons. The predicted molar refractivity (Wildman–Crippen MR) is 121 cm³/mol. The molecule has 30 heavy (non-hydrogen) atoms. The highest BCUT2D eigenvalue weighted by Gasteiger charge is 2.31. The minimum Gasteiger partial charge on any atom is -0.423 e. The molecule has 2 aliphatic heterocycles. The number of fused-ring (bicyclic) bond motifs is 1. The van der Waals surface area contributed by atoms with Gasteiger partial charge in [-0.1, -0.05) is 18.6 Å². The smallest absolute Gasteiger partial charge is 0.299 e. The number of likely N-dealkylation sites (tertiary alicyclic amines) is 1. The summed E-state index contributed by atoms with van der Waals surface area (Å²) in [5, 5.41) is 3.18. The summed E-state index contributed by atoms with van der Waals surface area (Å²) >= 11 is 0. The van der Waals surface area contributed by atoms with Gasteiger partial charge in [0.05, 0.1) is 0 Å². The van der Waals surface area contributed by atoms with Gasteiger partial charge in [-0.15, -0.1) is 0 Å². The molecule has 4 rings (SSSR count). The lowest BCUT2D eigenvalue weighted by Crippen LogP contribution is -2.50. The van der Waals surface area contributed by atoms with Crippen molar-refractivity contribution in [1.82, 2.24) is 15.2 Å². The molecule has 0 unspecified atom stereocenters. The molecule has 6 heteroatoms. The number of piperidine rings is 2. The fourth-order valence-electron chi connectivity index (χ4n) is 5.08. The molecule has 3 heterocycles. The van der Waals surface area contributed by atoms with Crippen molar-refractivity contribution in [2.45, 2.75) is 83.3 Å². The molecule has 0 radical (unpaired) electrons. The number of aromatic nitrogens is 1. The van der Waals surface area contributed by atoms with Crippen molar-refractivity contribution in [3.05, 3.63) is 24.3 Å². The van der Waals surface area contributed by atoms with Gasteiger partial charge >= 0.3 is 0 Å². The largest absolute Gasteiger partial charge is 0.423 e. The highest BCUT2D eigenvalue weighted by atomic mass is 16.4. The van der Waals surface area contributed by atoms with Crippen LogP contribution in [0.1, 0.15) is 65.2 Å². The van der Waals surface area contributed by atoms with Gasteiger partial charge in [-0.05, 0) is 77.5 Å². The molecule has 1 aromatic heterocycles. The fourth-order valence-corrected chi connectivity index (χ4v) is 5.08. The Morgan fingerprint density at radius 1 is 1.10 bits per heavy atom. The van der Waals surface area contributed by atoms with Crippen LogP contribution in [0.3, 0.4) is 0 Å². The molecule has 2 aliphatic rings. The number of hydrogen-bond donors (Lipinski definition) is 1.